The molecule has 0 spiro atoms. The molecule has 0 amide bonds. The van der Waals surface area contributed by atoms with Crippen molar-refractivity contribution in [2.75, 3.05) is 0 Å². The van der Waals surface area contributed by atoms with Crippen molar-refractivity contribution in [3.8, 4) is 0 Å². The van der Waals surface area contributed by atoms with Crippen LogP contribution in [0.2, 0.25) is 0 Å². The van der Waals surface area contributed by atoms with Crippen molar-refractivity contribution in [3.63, 3.8) is 0 Å². The van der Waals surface area contributed by atoms with Crippen LogP contribution < -0.4 is 0 Å². The monoisotopic (exact) mass is 226 g/mol. The first kappa shape index (κ1) is 9.69. The molecule has 2 bridgehead atoms. The van der Waals surface area contributed by atoms with Gasteiger partial charge in [0.25, 0.3) is 0 Å². The van der Waals surface area contributed by atoms with E-state index in [1.807, 2.05) is 0 Å². The molecule has 1 aromatic carbocycles. The maximum absolute atomic E-state index is 4.95. The highest BCUT2D eigenvalue weighted by atomic mass is 15.3. The van der Waals surface area contributed by atoms with E-state index in [0.29, 0.717) is 0 Å². The van der Waals surface area contributed by atoms with Crippen molar-refractivity contribution >= 4 is 11.5 Å². The molecule has 88 valence electrons. The van der Waals surface area contributed by atoms with E-state index in [-0.39, 0.29) is 0 Å². The van der Waals surface area contributed by atoms with Crippen molar-refractivity contribution in [3.05, 3.63) is 28.8 Å². The number of aliphatic imine (C=N–C) groups is 1. The van der Waals surface area contributed by atoms with Crippen LogP contribution in [0.15, 0.2) is 17.1 Å². The highest BCUT2D eigenvalue weighted by molar-refractivity contribution is 5.92. The van der Waals surface area contributed by atoms with Crippen LogP contribution in [0.5, 0.6) is 0 Å². The van der Waals surface area contributed by atoms with E-state index in [1.54, 1.807) is 0 Å². The lowest BCUT2D eigenvalue weighted by Crippen LogP contribution is -2.38. The molecule has 0 N–H and O–H groups in total. The summed E-state index contributed by atoms with van der Waals surface area (Å²) in [5.41, 5.74) is 5.43. The molecule has 2 atom stereocenters. The Morgan fingerprint density at radius 3 is 3.00 bits per heavy atom. The van der Waals surface area contributed by atoms with Crippen molar-refractivity contribution in [1.29, 1.82) is 0 Å². The van der Waals surface area contributed by atoms with Crippen LogP contribution in [0.1, 0.15) is 36.0 Å². The average molecular weight is 226 g/mol. The van der Waals surface area contributed by atoms with Gasteiger partial charge in [-0.05, 0) is 50.3 Å². The van der Waals surface area contributed by atoms with Crippen LogP contribution in [0.4, 0.5) is 5.69 Å². The molecule has 2 nitrogen and oxygen atoms in total. The minimum absolute atomic E-state index is 0.758. The molecular formula is C15H18N2. The second kappa shape index (κ2) is 3.12. The predicted molar refractivity (Wildman–Crippen MR) is 69.7 cm³/mol. The summed E-state index contributed by atoms with van der Waals surface area (Å²) in [5, 5.41) is 0. The summed E-state index contributed by atoms with van der Waals surface area (Å²) >= 11 is 0. The maximum atomic E-state index is 4.95. The van der Waals surface area contributed by atoms with Gasteiger partial charge in [0.15, 0.2) is 0 Å². The van der Waals surface area contributed by atoms with Crippen LogP contribution in [0.3, 0.4) is 0 Å². The zero-order valence-corrected chi connectivity index (χ0v) is 10.5. The standard InChI is InChI=1S/C15H18N2/c1-9-5-10(2)13-8-17-12-4-3-11(7-12)15(17)16-14(13)6-9/h5-6,11-12H,3-4,7-8H2,1-2H3. The van der Waals surface area contributed by atoms with E-state index in [1.165, 1.54) is 47.5 Å². The first-order valence-corrected chi connectivity index (χ1v) is 6.68. The number of hydrogen-bond acceptors (Lipinski definition) is 2. The second-order valence-electron chi connectivity index (χ2n) is 5.84. The SMILES string of the molecule is Cc1cc(C)c2c(c1)N=C1C3CCC(C3)N1C2. The van der Waals surface area contributed by atoms with Crippen LogP contribution in [-0.2, 0) is 6.54 Å². The largest absolute Gasteiger partial charge is 0.352 e. The van der Waals surface area contributed by atoms with E-state index in [2.05, 4.69) is 30.9 Å². The molecular weight excluding hydrogens is 208 g/mol. The third-order valence-corrected chi connectivity index (χ3v) is 4.66. The molecule has 2 heteroatoms. The fourth-order valence-corrected chi connectivity index (χ4v) is 3.84. The van der Waals surface area contributed by atoms with E-state index >= 15 is 0 Å². The Morgan fingerprint density at radius 2 is 2.12 bits per heavy atom. The van der Waals surface area contributed by atoms with Crippen molar-refractivity contribution in [2.45, 2.75) is 45.7 Å². The third-order valence-electron chi connectivity index (χ3n) is 4.66. The first-order chi connectivity index (χ1) is 8.22. The van der Waals surface area contributed by atoms with Gasteiger partial charge >= 0.3 is 0 Å². The normalized spacial score (nSPS) is 29.1. The molecule has 2 unspecified atom stereocenters. The molecule has 0 radical (unpaired) electrons. The number of amidine groups is 1. The van der Waals surface area contributed by atoms with Gasteiger partial charge in [0.1, 0.15) is 5.84 Å². The van der Waals surface area contributed by atoms with Gasteiger partial charge in [-0.25, -0.2) is 4.99 Å². The Labute approximate surface area is 102 Å². The lowest BCUT2D eigenvalue weighted by Gasteiger charge is -2.34. The summed E-state index contributed by atoms with van der Waals surface area (Å²) in [6, 6.07) is 5.32. The number of benzene rings is 1. The molecule has 4 rings (SSSR count). The Balaban J connectivity index is 1.87. The van der Waals surface area contributed by atoms with Gasteiger partial charge in [-0.2, -0.15) is 0 Å². The van der Waals surface area contributed by atoms with Gasteiger partial charge < -0.3 is 4.90 Å². The number of rotatable bonds is 0. The summed E-state index contributed by atoms with van der Waals surface area (Å²) in [6.45, 7) is 5.49. The van der Waals surface area contributed by atoms with Gasteiger partial charge in [0, 0.05) is 24.1 Å². The Hall–Kier alpha value is -1.31. The number of piperidine rings is 1. The van der Waals surface area contributed by atoms with E-state index in [4.69, 9.17) is 4.99 Å². The van der Waals surface area contributed by atoms with E-state index < -0.39 is 0 Å². The van der Waals surface area contributed by atoms with Crippen molar-refractivity contribution < 1.29 is 0 Å². The minimum Gasteiger partial charge on any atom is -0.352 e. The Kier molecular flexibility index (Phi) is 1.78. The summed E-state index contributed by atoms with van der Waals surface area (Å²) in [5.74, 6) is 2.15. The smallest absolute Gasteiger partial charge is 0.109 e. The fourth-order valence-electron chi connectivity index (χ4n) is 3.84. The van der Waals surface area contributed by atoms with Crippen molar-refractivity contribution in [1.82, 2.24) is 4.90 Å². The zero-order valence-electron chi connectivity index (χ0n) is 10.5. The number of nitrogens with zero attached hydrogens (tertiary/aromatic N) is 2. The lowest BCUT2D eigenvalue weighted by molar-refractivity contribution is 0.316. The molecule has 2 fully saturated rings. The third kappa shape index (κ3) is 1.24. The second-order valence-corrected chi connectivity index (χ2v) is 5.84. The predicted octanol–water partition coefficient (Wildman–Crippen LogP) is 3.33. The highest BCUT2D eigenvalue weighted by Crippen LogP contribution is 2.44. The molecule has 1 aromatic rings. The Bertz CT molecular complexity index is 530. The summed E-state index contributed by atoms with van der Waals surface area (Å²) in [6.07, 6.45) is 4.09. The lowest BCUT2D eigenvalue weighted by atomic mass is 9.99. The molecule has 2 heterocycles. The fraction of sp³-hybridized carbons (Fsp3) is 0.533. The first-order valence-electron chi connectivity index (χ1n) is 6.68. The Morgan fingerprint density at radius 1 is 1.24 bits per heavy atom. The van der Waals surface area contributed by atoms with Gasteiger partial charge in [-0.1, -0.05) is 6.07 Å². The molecule has 1 aliphatic carbocycles. The summed E-state index contributed by atoms with van der Waals surface area (Å²) in [4.78, 5) is 7.52. The van der Waals surface area contributed by atoms with Gasteiger partial charge in [0.05, 0.1) is 5.69 Å². The van der Waals surface area contributed by atoms with Gasteiger partial charge in [-0.15, -0.1) is 0 Å². The topological polar surface area (TPSA) is 15.6 Å². The quantitative estimate of drug-likeness (QED) is 0.662. The number of fused-ring (bicyclic) bond motifs is 6. The summed E-state index contributed by atoms with van der Waals surface area (Å²) < 4.78 is 0. The van der Waals surface area contributed by atoms with Gasteiger partial charge in [-0.3, -0.25) is 0 Å². The van der Waals surface area contributed by atoms with Crippen LogP contribution in [0, 0.1) is 19.8 Å². The molecule has 17 heavy (non-hydrogen) atoms. The summed E-state index contributed by atoms with van der Waals surface area (Å²) in [7, 11) is 0. The number of aryl methyl sites for hydroxylation is 2. The molecule has 1 saturated carbocycles. The maximum Gasteiger partial charge on any atom is 0.109 e. The minimum atomic E-state index is 0.758. The molecule has 0 aromatic heterocycles. The molecule has 1 saturated heterocycles. The zero-order chi connectivity index (χ0) is 11.6. The average Bonchev–Trinajstić information content (AvgIpc) is 2.87. The van der Waals surface area contributed by atoms with Crippen molar-refractivity contribution in [2.24, 2.45) is 10.9 Å². The van der Waals surface area contributed by atoms with Crippen LogP contribution >= 0.6 is 0 Å². The van der Waals surface area contributed by atoms with Crippen LogP contribution in [0.25, 0.3) is 0 Å². The van der Waals surface area contributed by atoms with Gasteiger partial charge in [0.2, 0.25) is 0 Å². The molecule has 2 aliphatic heterocycles. The van der Waals surface area contributed by atoms with E-state index in [0.717, 1.165) is 18.5 Å². The highest BCUT2D eigenvalue weighted by Gasteiger charge is 2.44. The van der Waals surface area contributed by atoms with Crippen LogP contribution in [-0.4, -0.2) is 16.8 Å². The number of hydrogen-bond donors (Lipinski definition) is 0. The molecule has 3 aliphatic rings. The van der Waals surface area contributed by atoms with E-state index in [9.17, 15) is 0 Å².